The maximum Gasteiger partial charge on any atom is 0.407 e. The molecular formula is C28H31NO2S. The fourth-order valence-electron chi connectivity index (χ4n) is 3.57. The van der Waals surface area contributed by atoms with Gasteiger partial charge in [0.1, 0.15) is 5.60 Å². The Balaban J connectivity index is 1.97. The Hall–Kier alpha value is -2.98. The van der Waals surface area contributed by atoms with E-state index in [0.29, 0.717) is 6.54 Å². The lowest BCUT2D eigenvalue weighted by Gasteiger charge is -2.35. The number of nitrogens with one attached hydrogen (secondary N) is 1. The average Bonchev–Trinajstić information content (AvgIpc) is 2.78. The van der Waals surface area contributed by atoms with Crippen LogP contribution < -0.4 is 5.32 Å². The van der Waals surface area contributed by atoms with E-state index in [1.807, 2.05) is 45.0 Å². The molecule has 0 radical (unpaired) electrons. The predicted octanol–water partition coefficient (Wildman–Crippen LogP) is 7.14. The Morgan fingerprint density at radius 1 is 0.812 bits per heavy atom. The Morgan fingerprint density at radius 2 is 1.22 bits per heavy atom. The van der Waals surface area contributed by atoms with Gasteiger partial charge in [0.05, 0.1) is 4.75 Å². The molecule has 1 amide bonds. The van der Waals surface area contributed by atoms with Gasteiger partial charge in [0, 0.05) is 6.54 Å². The molecule has 4 heteroatoms. The van der Waals surface area contributed by atoms with E-state index < -0.39 is 16.4 Å². The second-order valence-electron chi connectivity index (χ2n) is 8.58. The summed E-state index contributed by atoms with van der Waals surface area (Å²) >= 11 is 1.79. The van der Waals surface area contributed by atoms with Crippen molar-refractivity contribution >= 4 is 17.9 Å². The molecule has 0 unspecified atom stereocenters. The third-order valence-corrected chi connectivity index (χ3v) is 6.39. The van der Waals surface area contributed by atoms with Gasteiger partial charge in [0.25, 0.3) is 0 Å². The first-order chi connectivity index (χ1) is 15.3. The first-order valence-corrected chi connectivity index (χ1v) is 11.6. The summed E-state index contributed by atoms with van der Waals surface area (Å²) < 4.78 is 4.92. The van der Waals surface area contributed by atoms with E-state index in [2.05, 4.69) is 85.0 Å². The molecule has 3 aromatic carbocycles. The second kappa shape index (κ2) is 10.6. The molecule has 3 nitrogen and oxygen atoms in total. The maximum atomic E-state index is 12.0. The summed E-state index contributed by atoms with van der Waals surface area (Å²) in [4.78, 5) is 13.1. The number of benzene rings is 3. The number of carbonyl (C=O) groups is 1. The Kier molecular flexibility index (Phi) is 7.81. The highest BCUT2D eigenvalue weighted by molar-refractivity contribution is 8.04. The predicted molar refractivity (Wildman–Crippen MR) is 135 cm³/mol. The van der Waals surface area contributed by atoms with Gasteiger partial charge in [-0.3, -0.25) is 0 Å². The van der Waals surface area contributed by atoms with E-state index in [1.165, 1.54) is 16.7 Å². The van der Waals surface area contributed by atoms with Gasteiger partial charge in [0.15, 0.2) is 0 Å². The zero-order valence-corrected chi connectivity index (χ0v) is 20.0. The molecule has 3 rings (SSSR count). The van der Waals surface area contributed by atoms with Gasteiger partial charge >= 0.3 is 6.09 Å². The summed E-state index contributed by atoms with van der Waals surface area (Å²) in [6.07, 6.45) is 1.63. The summed E-state index contributed by atoms with van der Waals surface area (Å²) in [6, 6.07) is 31.7. The SMILES string of the molecule is C/C(=C/CNC(=O)OC(C)(C)C)SC(c1ccccc1)(c1ccccc1)c1ccccc1. The lowest BCUT2D eigenvalue weighted by molar-refractivity contribution is 0.0534. The van der Waals surface area contributed by atoms with Crippen LogP contribution in [-0.2, 0) is 9.48 Å². The fraction of sp³-hybridized carbons (Fsp3) is 0.250. The maximum absolute atomic E-state index is 12.0. The topological polar surface area (TPSA) is 38.3 Å². The molecule has 0 spiro atoms. The van der Waals surface area contributed by atoms with Gasteiger partial charge in [-0.05, 0) is 49.3 Å². The standard InChI is InChI=1S/C28H31NO2S/c1-22(20-21-29-26(30)31-27(2,3)4)32-28(23-14-8-5-9-15-23,24-16-10-6-11-17-24)25-18-12-7-13-19-25/h5-20H,21H2,1-4H3,(H,29,30)/b22-20-. The van der Waals surface area contributed by atoms with Gasteiger partial charge in [-0.15, -0.1) is 11.8 Å². The first-order valence-electron chi connectivity index (χ1n) is 10.8. The lowest BCUT2D eigenvalue weighted by atomic mass is 9.84. The minimum absolute atomic E-state index is 0.405. The Labute approximate surface area is 195 Å². The molecule has 1 N–H and O–H groups in total. The van der Waals surface area contributed by atoms with Crippen LogP contribution in [0.3, 0.4) is 0 Å². The molecule has 0 aliphatic heterocycles. The number of amides is 1. The van der Waals surface area contributed by atoms with Crippen LogP contribution in [0.1, 0.15) is 44.4 Å². The quantitative estimate of drug-likeness (QED) is 0.393. The number of allylic oxidation sites excluding steroid dienone is 1. The number of thioether (sulfide) groups is 1. The van der Waals surface area contributed by atoms with Gasteiger partial charge in [0.2, 0.25) is 0 Å². The lowest BCUT2D eigenvalue weighted by Crippen LogP contribution is -2.32. The van der Waals surface area contributed by atoms with Crippen LogP contribution in [0.4, 0.5) is 4.79 Å². The van der Waals surface area contributed by atoms with Crippen LogP contribution in [0.15, 0.2) is 102 Å². The van der Waals surface area contributed by atoms with Crippen LogP contribution in [0.25, 0.3) is 0 Å². The van der Waals surface area contributed by atoms with E-state index in [-0.39, 0.29) is 0 Å². The molecule has 0 aromatic heterocycles. The van der Waals surface area contributed by atoms with Crippen molar-refractivity contribution in [3.8, 4) is 0 Å². The largest absolute Gasteiger partial charge is 0.444 e. The van der Waals surface area contributed by atoms with E-state index in [1.54, 1.807) is 11.8 Å². The third-order valence-electron chi connectivity index (χ3n) is 4.89. The van der Waals surface area contributed by atoms with Crippen molar-refractivity contribution in [3.05, 3.63) is 119 Å². The minimum atomic E-state index is -0.513. The normalized spacial score (nSPS) is 12.3. The van der Waals surface area contributed by atoms with Crippen LogP contribution in [0.5, 0.6) is 0 Å². The van der Waals surface area contributed by atoms with Crippen molar-refractivity contribution in [2.75, 3.05) is 6.54 Å². The van der Waals surface area contributed by atoms with Gasteiger partial charge in [-0.2, -0.15) is 0 Å². The molecule has 3 aromatic rings. The number of carbonyl (C=O) groups excluding carboxylic acids is 1. The summed E-state index contributed by atoms with van der Waals surface area (Å²) in [7, 11) is 0. The van der Waals surface area contributed by atoms with E-state index in [0.717, 1.165) is 4.91 Å². The molecule has 0 saturated carbocycles. The summed E-state index contributed by atoms with van der Waals surface area (Å²) in [5.41, 5.74) is 3.10. The van der Waals surface area contributed by atoms with Gasteiger partial charge < -0.3 is 10.1 Å². The molecule has 32 heavy (non-hydrogen) atoms. The minimum Gasteiger partial charge on any atom is -0.444 e. The highest BCUT2D eigenvalue weighted by Crippen LogP contribution is 2.51. The highest BCUT2D eigenvalue weighted by Gasteiger charge is 2.37. The van der Waals surface area contributed by atoms with E-state index in [4.69, 9.17) is 4.74 Å². The monoisotopic (exact) mass is 445 g/mol. The average molecular weight is 446 g/mol. The number of rotatable bonds is 7. The van der Waals surface area contributed by atoms with Gasteiger partial charge in [-0.25, -0.2) is 4.79 Å². The van der Waals surface area contributed by atoms with Gasteiger partial charge in [-0.1, -0.05) is 97.1 Å². The first kappa shape index (κ1) is 23.7. The summed E-state index contributed by atoms with van der Waals surface area (Å²) in [5.74, 6) is 0. The number of ether oxygens (including phenoxy) is 1. The van der Waals surface area contributed by atoms with Crippen LogP contribution in [0, 0.1) is 0 Å². The second-order valence-corrected chi connectivity index (χ2v) is 10.0. The summed E-state index contributed by atoms with van der Waals surface area (Å²) in [5, 5.41) is 2.82. The molecule has 0 fully saturated rings. The molecule has 0 aliphatic carbocycles. The molecule has 0 atom stereocenters. The Morgan fingerprint density at radius 3 is 1.59 bits per heavy atom. The van der Waals surface area contributed by atoms with E-state index in [9.17, 15) is 4.79 Å². The van der Waals surface area contributed by atoms with Crippen molar-refractivity contribution in [1.82, 2.24) is 5.32 Å². The van der Waals surface area contributed by atoms with Crippen LogP contribution in [0.2, 0.25) is 0 Å². The van der Waals surface area contributed by atoms with Crippen molar-refractivity contribution in [1.29, 1.82) is 0 Å². The zero-order chi connectivity index (χ0) is 23.0. The zero-order valence-electron chi connectivity index (χ0n) is 19.2. The number of hydrogen-bond acceptors (Lipinski definition) is 3. The number of hydrogen-bond donors (Lipinski definition) is 1. The highest BCUT2D eigenvalue weighted by atomic mass is 32.2. The third kappa shape index (κ3) is 6.04. The smallest absolute Gasteiger partial charge is 0.407 e. The summed E-state index contributed by atoms with van der Waals surface area (Å²) in [6.45, 7) is 8.07. The van der Waals surface area contributed by atoms with Crippen LogP contribution in [-0.4, -0.2) is 18.2 Å². The van der Waals surface area contributed by atoms with Crippen molar-refractivity contribution in [2.24, 2.45) is 0 Å². The van der Waals surface area contributed by atoms with E-state index >= 15 is 0 Å². The molecular weight excluding hydrogens is 414 g/mol. The molecule has 0 heterocycles. The fourth-order valence-corrected chi connectivity index (χ4v) is 4.98. The molecule has 166 valence electrons. The molecule has 0 aliphatic rings. The van der Waals surface area contributed by atoms with Crippen molar-refractivity contribution in [3.63, 3.8) is 0 Å². The molecule has 0 bridgehead atoms. The van der Waals surface area contributed by atoms with Crippen molar-refractivity contribution in [2.45, 2.75) is 38.0 Å². The Bertz CT molecular complexity index is 929. The molecule has 0 saturated heterocycles. The van der Waals surface area contributed by atoms with Crippen molar-refractivity contribution < 1.29 is 9.53 Å². The number of alkyl carbamates (subject to hydrolysis) is 1. The van der Waals surface area contributed by atoms with Crippen LogP contribution >= 0.6 is 11.8 Å².